The van der Waals surface area contributed by atoms with E-state index in [2.05, 4.69) is 64.0 Å². The van der Waals surface area contributed by atoms with Gasteiger partial charge in [0.15, 0.2) is 0 Å². The normalized spacial score (nSPS) is 15.5. The fourth-order valence-electron chi connectivity index (χ4n) is 5.34. The number of hydrogen-bond acceptors (Lipinski definition) is 3. The molecule has 6 heteroatoms. The Bertz CT molecular complexity index is 1350. The van der Waals surface area contributed by atoms with Gasteiger partial charge in [-0.3, -0.25) is 4.79 Å². The van der Waals surface area contributed by atoms with Gasteiger partial charge < -0.3 is 19.4 Å². The second-order valence-corrected chi connectivity index (χ2v) is 10.3. The number of carbonyl (C=O) groups is 1. The Labute approximate surface area is 200 Å². The number of rotatable bonds is 5. The van der Waals surface area contributed by atoms with Crippen LogP contribution in [0.25, 0.3) is 27.8 Å². The van der Waals surface area contributed by atoms with Crippen LogP contribution < -0.4 is 0 Å². The number of aromatic nitrogens is 3. The standard InChI is InChI=1S/C28H34N4O2/c1-5-22-23-14-20(19-10-12-31(13-11-19)26(33)15-28(3,4)34)6-8-24(23)30-27(22)21-7-9-25-29-18(2)16-32(25)17-21/h6-9,14,16-17,19,30,34H,5,10-13,15H2,1-4H3. The summed E-state index contributed by atoms with van der Waals surface area (Å²) >= 11 is 0. The topological polar surface area (TPSA) is 73.6 Å². The van der Waals surface area contributed by atoms with Crippen molar-refractivity contribution in [3.8, 4) is 11.3 Å². The number of imidazole rings is 1. The summed E-state index contributed by atoms with van der Waals surface area (Å²) < 4.78 is 2.09. The largest absolute Gasteiger partial charge is 0.390 e. The van der Waals surface area contributed by atoms with E-state index in [9.17, 15) is 9.90 Å². The molecule has 1 aliphatic rings. The second-order valence-electron chi connectivity index (χ2n) is 10.3. The van der Waals surface area contributed by atoms with E-state index in [0.717, 1.165) is 54.8 Å². The summed E-state index contributed by atoms with van der Waals surface area (Å²) in [5.74, 6) is 0.499. The maximum Gasteiger partial charge on any atom is 0.225 e. The van der Waals surface area contributed by atoms with Crippen LogP contribution >= 0.6 is 0 Å². The number of nitrogens with zero attached hydrogens (tertiary/aromatic N) is 3. The van der Waals surface area contributed by atoms with Crippen LogP contribution in [0.4, 0.5) is 0 Å². The number of likely N-dealkylation sites (tertiary alicyclic amines) is 1. The van der Waals surface area contributed by atoms with Crippen LogP contribution in [-0.4, -0.2) is 49.0 Å². The van der Waals surface area contributed by atoms with E-state index < -0.39 is 5.60 Å². The molecule has 3 aromatic heterocycles. The van der Waals surface area contributed by atoms with Gasteiger partial charge in [0.2, 0.25) is 5.91 Å². The molecule has 0 atom stereocenters. The first-order valence-electron chi connectivity index (χ1n) is 12.3. The van der Waals surface area contributed by atoms with Crippen molar-refractivity contribution in [3.05, 3.63) is 59.5 Å². The molecular formula is C28H34N4O2. The maximum absolute atomic E-state index is 12.5. The van der Waals surface area contributed by atoms with Crippen LogP contribution in [0, 0.1) is 6.92 Å². The molecule has 4 heterocycles. The highest BCUT2D eigenvalue weighted by Crippen LogP contribution is 2.35. The van der Waals surface area contributed by atoms with Gasteiger partial charge in [-0.05, 0) is 81.3 Å². The summed E-state index contributed by atoms with van der Waals surface area (Å²) in [6.45, 7) is 9.12. The zero-order valence-corrected chi connectivity index (χ0v) is 20.6. The molecule has 1 aliphatic heterocycles. The molecule has 1 aromatic carbocycles. The Kier molecular flexibility index (Phi) is 5.72. The first-order valence-corrected chi connectivity index (χ1v) is 12.3. The van der Waals surface area contributed by atoms with E-state index in [-0.39, 0.29) is 12.3 Å². The summed E-state index contributed by atoms with van der Waals surface area (Å²) in [5.41, 5.74) is 7.21. The smallest absolute Gasteiger partial charge is 0.225 e. The Morgan fingerprint density at radius 1 is 1.18 bits per heavy atom. The number of benzene rings is 1. The van der Waals surface area contributed by atoms with Gasteiger partial charge in [0.1, 0.15) is 5.65 Å². The number of aryl methyl sites for hydroxylation is 2. The van der Waals surface area contributed by atoms with Crippen molar-refractivity contribution in [2.75, 3.05) is 13.1 Å². The molecule has 2 N–H and O–H groups in total. The number of H-pyrrole nitrogens is 1. The number of amides is 1. The van der Waals surface area contributed by atoms with Gasteiger partial charge in [-0.15, -0.1) is 0 Å². The molecule has 0 radical (unpaired) electrons. The highest BCUT2D eigenvalue weighted by molar-refractivity contribution is 5.91. The Morgan fingerprint density at radius 2 is 1.94 bits per heavy atom. The third-order valence-corrected chi connectivity index (χ3v) is 7.05. The highest BCUT2D eigenvalue weighted by Gasteiger charge is 2.27. The Hall–Kier alpha value is -3.12. The fourth-order valence-corrected chi connectivity index (χ4v) is 5.34. The summed E-state index contributed by atoms with van der Waals surface area (Å²) in [4.78, 5) is 22.6. The van der Waals surface area contributed by atoms with Crippen LogP contribution in [0.1, 0.15) is 62.8 Å². The van der Waals surface area contributed by atoms with Crippen LogP contribution in [0.3, 0.4) is 0 Å². The molecule has 0 spiro atoms. The molecule has 34 heavy (non-hydrogen) atoms. The molecule has 1 amide bonds. The lowest BCUT2D eigenvalue weighted by atomic mass is 9.88. The molecule has 178 valence electrons. The lowest BCUT2D eigenvalue weighted by Crippen LogP contribution is -2.41. The van der Waals surface area contributed by atoms with Crippen LogP contribution in [-0.2, 0) is 11.2 Å². The van der Waals surface area contributed by atoms with Gasteiger partial charge >= 0.3 is 0 Å². The third-order valence-electron chi connectivity index (χ3n) is 7.05. The van der Waals surface area contributed by atoms with E-state index in [0.29, 0.717) is 5.92 Å². The average Bonchev–Trinajstić information content (AvgIpc) is 3.36. The van der Waals surface area contributed by atoms with Crippen molar-refractivity contribution in [2.45, 2.75) is 64.9 Å². The lowest BCUT2D eigenvalue weighted by molar-refractivity contribution is -0.136. The first kappa shape index (κ1) is 22.7. The monoisotopic (exact) mass is 458 g/mol. The number of fused-ring (bicyclic) bond motifs is 2. The fraction of sp³-hybridized carbons (Fsp3) is 0.429. The number of pyridine rings is 1. The first-order chi connectivity index (χ1) is 16.2. The zero-order chi connectivity index (χ0) is 24.0. The summed E-state index contributed by atoms with van der Waals surface area (Å²) in [7, 11) is 0. The number of aliphatic hydroxyl groups is 1. The van der Waals surface area contributed by atoms with Crippen molar-refractivity contribution in [2.24, 2.45) is 0 Å². The molecule has 1 fully saturated rings. The third kappa shape index (κ3) is 4.34. The maximum atomic E-state index is 12.5. The quantitative estimate of drug-likeness (QED) is 0.431. The van der Waals surface area contributed by atoms with E-state index in [1.807, 2.05) is 11.8 Å². The van der Waals surface area contributed by atoms with E-state index in [1.165, 1.54) is 22.2 Å². The number of carbonyl (C=O) groups excluding carboxylic acids is 1. The molecule has 5 rings (SSSR count). The van der Waals surface area contributed by atoms with E-state index in [1.54, 1.807) is 13.8 Å². The van der Waals surface area contributed by atoms with E-state index >= 15 is 0 Å². The minimum absolute atomic E-state index is 0.0509. The van der Waals surface area contributed by atoms with Gasteiger partial charge in [0.25, 0.3) is 0 Å². The Morgan fingerprint density at radius 3 is 2.65 bits per heavy atom. The van der Waals surface area contributed by atoms with Crippen molar-refractivity contribution < 1.29 is 9.90 Å². The van der Waals surface area contributed by atoms with Crippen LogP contribution in [0.5, 0.6) is 0 Å². The van der Waals surface area contributed by atoms with Crippen molar-refractivity contribution in [3.63, 3.8) is 0 Å². The molecule has 0 bridgehead atoms. The number of hydrogen-bond donors (Lipinski definition) is 2. The molecule has 4 aromatic rings. The molecule has 0 saturated carbocycles. The number of nitrogens with one attached hydrogen (secondary N) is 1. The van der Waals surface area contributed by atoms with Gasteiger partial charge in [-0.1, -0.05) is 13.0 Å². The highest BCUT2D eigenvalue weighted by atomic mass is 16.3. The molecule has 1 saturated heterocycles. The molecule has 0 aliphatic carbocycles. The second kappa shape index (κ2) is 8.58. The predicted octanol–water partition coefficient (Wildman–Crippen LogP) is 5.22. The molecule has 6 nitrogen and oxygen atoms in total. The minimum atomic E-state index is -0.956. The summed E-state index contributed by atoms with van der Waals surface area (Å²) in [6, 6.07) is 11.0. The minimum Gasteiger partial charge on any atom is -0.390 e. The average molecular weight is 459 g/mol. The predicted molar refractivity (Wildman–Crippen MR) is 136 cm³/mol. The van der Waals surface area contributed by atoms with Crippen molar-refractivity contribution in [1.82, 2.24) is 19.3 Å². The number of piperidine rings is 1. The van der Waals surface area contributed by atoms with Crippen LogP contribution in [0.2, 0.25) is 0 Å². The number of aromatic amines is 1. The summed E-state index contributed by atoms with van der Waals surface area (Å²) in [5, 5.41) is 11.3. The lowest BCUT2D eigenvalue weighted by Gasteiger charge is -2.33. The molecule has 0 unspecified atom stereocenters. The van der Waals surface area contributed by atoms with Gasteiger partial charge in [0.05, 0.1) is 23.4 Å². The SMILES string of the molecule is CCc1c(-c2ccc3nc(C)cn3c2)[nH]c2ccc(C3CCN(C(=O)CC(C)(C)O)CC3)cc12. The van der Waals surface area contributed by atoms with Gasteiger partial charge in [-0.25, -0.2) is 4.98 Å². The van der Waals surface area contributed by atoms with Gasteiger partial charge in [0, 0.05) is 41.9 Å². The zero-order valence-electron chi connectivity index (χ0n) is 20.6. The van der Waals surface area contributed by atoms with Crippen molar-refractivity contribution in [1.29, 1.82) is 0 Å². The van der Waals surface area contributed by atoms with Gasteiger partial charge in [-0.2, -0.15) is 0 Å². The molecular weight excluding hydrogens is 424 g/mol. The summed E-state index contributed by atoms with van der Waals surface area (Å²) in [6.07, 6.45) is 7.26. The van der Waals surface area contributed by atoms with E-state index in [4.69, 9.17) is 0 Å². The Balaban J connectivity index is 1.40. The van der Waals surface area contributed by atoms with Crippen molar-refractivity contribution >= 4 is 22.5 Å². The van der Waals surface area contributed by atoms with Crippen LogP contribution in [0.15, 0.2) is 42.7 Å².